The molecule has 4 rings (SSSR count). The smallest absolute Gasteiger partial charge is 0.362 e. The molecule has 0 aliphatic carbocycles. The summed E-state index contributed by atoms with van der Waals surface area (Å²) in [6, 6.07) is 21.9. The molecule has 3 nitrogen and oxygen atoms in total. The number of amides is 1. The Morgan fingerprint density at radius 3 is 2.54 bits per heavy atom. The molecule has 28 heavy (non-hydrogen) atoms. The fourth-order valence-corrected chi connectivity index (χ4v) is 3.49. The van der Waals surface area contributed by atoms with Gasteiger partial charge in [-0.3, -0.25) is 4.79 Å². The summed E-state index contributed by atoms with van der Waals surface area (Å²) < 4.78 is 6.01. The molecule has 0 atom stereocenters. The van der Waals surface area contributed by atoms with Crippen molar-refractivity contribution in [1.82, 2.24) is 0 Å². The van der Waals surface area contributed by atoms with Gasteiger partial charge in [0.05, 0.1) is 6.61 Å². The van der Waals surface area contributed by atoms with E-state index in [1.165, 1.54) is 5.56 Å². The number of aryl methyl sites for hydroxylation is 1. The van der Waals surface area contributed by atoms with Crippen LogP contribution in [0.1, 0.15) is 34.0 Å². The average molecular weight is 367 g/mol. The van der Waals surface area contributed by atoms with Crippen LogP contribution in [0.25, 0.3) is 6.08 Å². The van der Waals surface area contributed by atoms with E-state index in [4.69, 9.17) is 4.65 Å². The van der Waals surface area contributed by atoms with Crippen molar-refractivity contribution in [2.45, 2.75) is 20.0 Å². The predicted molar refractivity (Wildman–Crippen MR) is 117 cm³/mol. The molecule has 0 spiro atoms. The number of nitrogens with one attached hydrogen (secondary N) is 1. The first-order chi connectivity index (χ1) is 13.7. The summed E-state index contributed by atoms with van der Waals surface area (Å²) in [6.45, 7) is 6.36. The molecule has 0 unspecified atom stereocenters. The quantitative estimate of drug-likeness (QED) is 0.697. The van der Waals surface area contributed by atoms with Gasteiger partial charge < -0.3 is 9.97 Å². The van der Waals surface area contributed by atoms with Crippen molar-refractivity contribution >= 4 is 35.5 Å². The van der Waals surface area contributed by atoms with E-state index in [-0.39, 0.29) is 12.8 Å². The van der Waals surface area contributed by atoms with Crippen LogP contribution in [0.15, 0.2) is 73.3 Å². The first kappa shape index (κ1) is 18.3. The molecule has 138 valence electrons. The number of anilines is 1. The standard InChI is InChI=1S/C24H22BNO2/c1-3-17-5-9-19(10-6-17)24(27)26-22-14-11-20-16-28-25(23(20)15-22)21-12-7-18(4-2)8-13-21/h4-15H,2-3,16H2,1H3,(H,26,27). The largest absolute Gasteiger partial charge is 0.423 e. The first-order valence-corrected chi connectivity index (χ1v) is 9.55. The molecule has 0 saturated carbocycles. The monoisotopic (exact) mass is 367 g/mol. The maximum atomic E-state index is 12.6. The Labute approximate surface area is 166 Å². The molecule has 0 radical (unpaired) electrons. The van der Waals surface area contributed by atoms with Gasteiger partial charge in [-0.15, -0.1) is 0 Å². The molecule has 4 heteroatoms. The van der Waals surface area contributed by atoms with Crippen LogP contribution in [0.5, 0.6) is 0 Å². The number of carbonyl (C=O) groups is 1. The van der Waals surface area contributed by atoms with Gasteiger partial charge in [0.2, 0.25) is 0 Å². The van der Waals surface area contributed by atoms with E-state index < -0.39 is 0 Å². The maximum absolute atomic E-state index is 12.6. The Kier molecular flexibility index (Phi) is 5.13. The summed E-state index contributed by atoms with van der Waals surface area (Å²) in [4.78, 5) is 12.6. The zero-order valence-electron chi connectivity index (χ0n) is 15.9. The zero-order valence-corrected chi connectivity index (χ0v) is 15.9. The number of fused-ring (bicyclic) bond motifs is 1. The van der Waals surface area contributed by atoms with Crippen LogP contribution in [0, 0.1) is 0 Å². The van der Waals surface area contributed by atoms with E-state index in [0.29, 0.717) is 12.2 Å². The second kappa shape index (κ2) is 7.87. The van der Waals surface area contributed by atoms with Crippen LogP contribution < -0.4 is 16.2 Å². The molecule has 3 aromatic carbocycles. The Morgan fingerprint density at radius 2 is 1.86 bits per heavy atom. The Morgan fingerprint density at radius 1 is 1.11 bits per heavy atom. The fourth-order valence-electron chi connectivity index (χ4n) is 3.49. The minimum Gasteiger partial charge on any atom is -0.423 e. The summed E-state index contributed by atoms with van der Waals surface area (Å²) in [5, 5.41) is 3.01. The van der Waals surface area contributed by atoms with Gasteiger partial charge >= 0.3 is 6.92 Å². The molecule has 0 aromatic heterocycles. The third kappa shape index (κ3) is 3.64. The van der Waals surface area contributed by atoms with Gasteiger partial charge in [-0.25, -0.2) is 0 Å². The zero-order chi connectivity index (χ0) is 19.5. The highest BCUT2D eigenvalue weighted by atomic mass is 16.4. The molecule has 0 bridgehead atoms. The van der Waals surface area contributed by atoms with Crippen LogP contribution >= 0.6 is 0 Å². The molecular formula is C24H22BNO2. The van der Waals surface area contributed by atoms with E-state index in [9.17, 15) is 4.79 Å². The average Bonchev–Trinajstić information content (AvgIpc) is 3.17. The van der Waals surface area contributed by atoms with Gasteiger partial charge in [0.25, 0.3) is 5.91 Å². The normalized spacial score (nSPS) is 12.5. The lowest BCUT2D eigenvalue weighted by Crippen LogP contribution is -2.41. The Hall–Kier alpha value is -3.11. The number of hydrogen-bond acceptors (Lipinski definition) is 2. The van der Waals surface area contributed by atoms with Crippen molar-refractivity contribution in [2.24, 2.45) is 0 Å². The second-order valence-corrected chi connectivity index (χ2v) is 6.98. The van der Waals surface area contributed by atoms with Crippen molar-refractivity contribution in [3.8, 4) is 0 Å². The Balaban J connectivity index is 1.55. The third-order valence-electron chi connectivity index (χ3n) is 5.19. The van der Waals surface area contributed by atoms with Gasteiger partial charge in [0, 0.05) is 11.3 Å². The van der Waals surface area contributed by atoms with Crippen molar-refractivity contribution in [3.05, 3.63) is 95.6 Å². The van der Waals surface area contributed by atoms with E-state index in [1.807, 2.05) is 60.7 Å². The molecule has 1 amide bonds. The van der Waals surface area contributed by atoms with E-state index in [2.05, 4.69) is 31.0 Å². The summed E-state index contributed by atoms with van der Waals surface area (Å²) in [6.07, 6.45) is 2.79. The summed E-state index contributed by atoms with van der Waals surface area (Å²) in [5.74, 6) is -0.103. The lowest BCUT2D eigenvalue weighted by molar-refractivity contribution is 0.102. The molecule has 1 aliphatic heterocycles. The van der Waals surface area contributed by atoms with Crippen molar-refractivity contribution < 1.29 is 9.45 Å². The molecule has 0 fully saturated rings. The summed E-state index contributed by atoms with van der Waals surface area (Å²) >= 11 is 0. The molecule has 1 heterocycles. The van der Waals surface area contributed by atoms with E-state index in [1.54, 1.807) is 0 Å². The van der Waals surface area contributed by atoms with Crippen molar-refractivity contribution in [3.63, 3.8) is 0 Å². The Bertz CT molecular complexity index is 1010. The summed E-state index contributed by atoms with van der Waals surface area (Å²) in [5.41, 5.74) is 7.09. The summed E-state index contributed by atoms with van der Waals surface area (Å²) in [7, 11) is 0. The SMILES string of the molecule is C=Cc1ccc(B2OCc3ccc(NC(=O)c4ccc(CC)cc4)cc32)cc1. The van der Waals surface area contributed by atoms with E-state index in [0.717, 1.165) is 34.2 Å². The predicted octanol–water partition coefficient (Wildman–Crippen LogP) is 3.78. The number of carbonyl (C=O) groups excluding carboxylic acids is 1. The highest BCUT2D eigenvalue weighted by molar-refractivity contribution is 6.81. The van der Waals surface area contributed by atoms with Crippen LogP contribution in [0.3, 0.4) is 0 Å². The highest BCUT2D eigenvalue weighted by Gasteiger charge is 2.30. The van der Waals surface area contributed by atoms with Gasteiger partial charge in [-0.05, 0) is 58.3 Å². The van der Waals surface area contributed by atoms with Crippen LogP contribution in [-0.2, 0) is 17.7 Å². The molecule has 1 aliphatic rings. The highest BCUT2D eigenvalue weighted by Crippen LogP contribution is 2.17. The van der Waals surface area contributed by atoms with Crippen LogP contribution in [0.4, 0.5) is 5.69 Å². The van der Waals surface area contributed by atoms with Crippen molar-refractivity contribution in [1.29, 1.82) is 0 Å². The topological polar surface area (TPSA) is 38.3 Å². The fraction of sp³-hybridized carbons (Fsp3) is 0.125. The van der Waals surface area contributed by atoms with Crippen molar-refractivity contribution in [2.75, 3.05) is 5.32 Å². The lowest BCUT2D eigenvalue weighted by atomic mass is 9.56. The first-order valence-electron chi connectivity index (χ1n) is 9.55. The van der Waals surface area contributed by atoms with Gasteiger partial charge in [-0.2, -0.15) is 0 Å². The number of rotatable bonds is 5. The third-order valence-corrected chi connectivity index (χ3v) is 5.19. The molecular weight excluding hydrogens is 345 g/mol. The maximum Gasteiger partial charge on any atom is 0.362 e. The molecule has 3 aromatic rings. The number of benzene rings is 3. The van der Waals surface area contributed by atoms with Crippen LogP contribution in [0.2, 0.25) is 0 Å². The second-order valence-electron chi connectivity index (χ2n) is 6.98. The molecule has 1 N–H and O–H groups in total. The molecule has 0 saturated heterocycles. The minimum atomic E-state index is -0.116. The van der Waals surface area contributed by atoms with Gasteiger partial charge in [-0.1, -0.05) is 62.0 Å². The number of hydrogen-bond donors (Lipinski definition) is 1. The van der Waals surface area contributed by atoms with Gasteiger partial charge in [0.1, 0.15) is 0 Å². The van der Waals surface area contributed by atoms with Crippen LogP contribution in [-0.4, -0.2) is 12.8 Å². The van der Waals surface area contributed by atoms with Gasteiger partial charge in [0.15, 0.2) is 0 Å². The lowest BCUT2D eigenvalue weighted by Gasteiger charge is -2.11. The van der Waals surface area contributed by atoms with E-state index >= 15 is 0 Å². The minimum absolute atomic E-state index is 0.103.